The van der Waals surface area contributed by atoms with E-state index in [1.807, 2.05) is 12.7 Å². The summed E-state index contributed by atoms with van der Waals surface area (Å²) in [5.41, 5.74) is 0.953. The summed E-state index contributed by atoms with van der Waals surface area (Å²) in [4.78, 5) is 2.58. The lowest BCUT2D eigenvalue weighted by atomic mass is 9.59. The fourth-order valence-electron chi connectivity index (χ4n) is 3.04. The third kappa shape index (κ3) is 1.47. The zero-order valence-electron chi connectivity index (χ0n) is 10.3. The molecule has 0 N–H and O–H groups in total. The molecule has 0 bridgehead atoms. The van der Waals surface area contributed by atoms with Crippen molar-refractivity contribution in [1.82, 2.24) is 19.7 Å². The molecule has 0 atom stereocenters. The van der Waals surface area contributed by atoms with Crippen LogP contribution < -0.4 is 0 Å². The zero-order chi connectivity index (χ0) is 11.4. The summed E-state index contributed by atoms with van der Waals surface area (Å²) in [5, 5.41) is 7.75. The minimum Gasteiger partial charge on any atom is -0.317 e. The Labute approximate surface area is 96.7 Å². The van der Waals surface area contributed by atoms with Crippen LogP contribution in [0.4, 0.5) is 0 Å². The molecule has 1 aromatic heterocycles. The molecular weight excluding hydrogens is 200 g/mol. The summed E-state index contributed by atoms with van der Waals surface area (Å²) in [6, 6.07) is 0.650. The minimum atomic E-state index is 0.340. The highest BCUT2D eigenvalue weighted by molar-refractivity contribution is 5.08. The van der Waals surface area contributed by atoms with Crippen molar-refractivity contribution in [2.24, 2.45) is 5.41 Å². The molecule has 2 fully saturated rings. The molecular formula is C12H20N4. The zero-order valence-corrected chi connectivity index (χ0v) is 10.3. The maximum atomic E-state index is 3.87. The van der Waals surface area contributed by atoms with Gasteiger partial charge in [-0.25, -0.2) is 0 Å². The minimum absolute atomic E-state index is 0.340. The molecule has 88 valence electrons. The molecule has 1 aliphatic heterocycles. The van der Waals surface area contributed by atoms with E-state index in [9.17, 15) is 0 Å². The number of hydrogen-bond acceptors (Lipinski definition) is 3. The Bertz CT molecular complexity index is 362. The standard InChI is InChI=1S/C12H20N4/c1-11(2,3)16-6-12(7-16)4-10(5-12)15-8-13-14-9-15/h8-10H,4-7H2,1-3H3. The van der Waals surface area contributed by atoms with Gasteiger partial charge in [0.2, 0.25) is 0 Å². The van der Waals surface area contributed by atoms with Gasteiger partial charge in [-0.15, -0.1) is 10.2 Å². The Morgan fingerprint density at radius 1 is 1.12 bits per heavy atom. The van der Waals surface area contributed by atoms with Crippen LogP contribution in [0.1, 0.15) is 39.7 Å². The van der Waals surface area contributed by atoms with Crippen LogP contribution >= 0.6 is 0 Å². The maximum Gasteiger partial charge on any atom is 0.119 e. The van der Waals surface area contributed by atoms with Crippen molar-refractivity contribution < 1.29 is 0 Å². The van der Waals surface area contributed by atoms with Gasteiger partial charge >= 0.3 is 0 Å². The summed E-state index contributed by atoms with van der Waals surface area (Å²) in [7, 11) is 0. The first kappa shape index (κ1) is 10.3. The predicted octanol–water partition coefficient (Wildman–Crippen LogP) is 1.71. The molecule has 1 aromatic rings. The van der Waals surface area contributed by atoms with E-state index in [1.54, 1.807) is 0 Å². The van der Waals surface area contributed by atoms with Crippen LogP contribution in [0.25, 0.3) is 0 Å². The van der Waals surface area contributed by atoms with Crippen LogP contribution in [0.5, 0.6) is 0 Å². The molecule has 1 aliphatic carbocycles. The van der Waals surface area contributed by atoms with Gasteiger partial charge < -0.3 is 4.57 Å². The molecule has 0 amide bonds. The Hall–Kier alpha value is -0.900. The Morgan fingerprint density at radius 3 is 2.19 bits per heavy atom. The summed E-state index contributed by atoms with van der Waals surface area (Å²) in [6.07, 6.45) is 6.30. The molecule has 0 unspecified atom stereocenters. The first-order chi connectivity index (χ1) is 7.49. The highest BCUT2D eigenvalue weighted by Crippen LogP contribution is 2.55. The molecule has 1 saturated heterocycles. The van der Waals surface area contributed by atoms with Crippen molar-refractivity contribution in [3.05, 3.63) is 12.7 Å². The Balaban J connectivity index is 1.56. The molecule has 2 aliphatic rings. The van der Waals surface area contributed by atoms with Gasteiger partial charge in [0.25, 0.3) is 0 Å². The van der Waals surface area contributed by atoms with Gasteiger partial charge in [-0.3, -0.25) is 4.90 Å². The van der Waals surface area contributed by atoms with Gasteiger partial charge in [0.1, 0.15) is 12.7 Å². The summed E-state index contributed by atoms with van der Waals surface area (Å²) in [6.45, 7) is 9.45. The van der Waals surface area contributed by atoms with E-state index < -0.39 is 0 Å². The molecule has 1 saturated carbocycles. The van der Waals surface area contributed by atoms with Crippen LogP contribution in [0.2, 0.25) is 0 Å². The summed E-state index contributed by atoms with van der Waals surface area (Å²) >= 11 is 0. The Kier molecular flexibility index (Phi) is 1.97. The van der Waals surface area contributed by atoms with Crippen molar-refractivity contribution >= 4 is 0 Å². The average Bonchev–Trinajstić information content (AvgIpc) is 2.48. The van der Waals surface area contributed by atoms with Crippen LogP contribution in [0.15, 0.2) is 12.7 Å². The predicted molar refractivity (Wildman–Crippen MR) is 62.1 cm³/mol. The van der Waals surface area contributed by atoms with E-state index in [2.05, 4.69) is 40.4 Å². The van der Waals surface area contributed by atoms with E-state index in [-0.39, 0.29) is 0 Å². The van der Waals surface area contributed by atoms with Crippen molar-refractivity contribution in [1.29, 1.82) is 0 Å². The lowest BCUT2D eigenvalue weighted by molar-refractivity contribution is -0.125. The van der Waals surface area contributed by atoms with Crippen molar-refractivity contribution in [2.45, 2.75) is 45.2 Å². The third-order valence-corrected chi connectivity index (χ3v) is 4.20. The highest BCUT2D eigenvalue weighted by Gasteiger charge is 2.54. The molecule has 4 heteroatoms. The number of rotatable bonds is 1. The number of likely N-dealkylation sites (tertiary alicyclic amines) is 1. The smallest absolute Gasteiger partial charge is 0.119 e. The van der Waals surface area contributed by atoms with E-state index in [0.717, 1.165) is 0 Å². The fourth-order valence-corrected chi connectivity index (χ4v) is 3.04. The molecule has 3 rings (SSSR count). The van der Waals surface area contributed by atoms with Gasteiger partial charge in [0.05, 0.1) is 0 Å². The van der Waals surface area contributed by atoms with E-state index in [0.29, 0.717) is 17.0 Å². The van der Waals surface area contributed by atoms with Gasteiger partial charge in [-0.05, 0) is 39.0 Å². The summed E-state index contributed by atoms with van der Waals surface area (Å²) < 4.78 is 2.16. The van der Waals surface area contributed by atoms with Crippen LogP contribution in [0.3, 0.4) is 0 Å². The van der Waals surface area contributed by atoms with Crippen molar-refractivity contribution in [3.63, 3.8) is 0 Å². The topological polar surface area (TPSA) is 34.0 Å². The highest BCUT2D eigenvalue weighted by atomic mass is 15.3. The molecule has 1 spiro atoms. The second-order valence-corrected chi connectivity index (χ2v) is 6.50. The third-order valence-electron chi connectivity index (χ3n) is 4.20. The van der Waals surface area contributed by atoms with Gasteiger partial charge in [-0.2, -0.15) is 0 Å². The number of aromatic nitrogens is 3. The lowest BCUT2D eigenvalue weighted by Gasteiger charge is -2.62. The molecule has 4 nitrogen and oxygen atoms in total. The van der Waals surface area contributed by atoms with Gasteiger partial charge in [0.15, 0.2) is 0 Å². The van der Waals surface area contributed by atoms with Crippen LogP contribution in [0, 0.1) is 5.41 Å². The van der Waals surface area contributed by atoms with Crippen molar-refractivity contribution in [3.8, 4) is 0 Å². The monoisotopic (exact) mass is 220 g/mol. The van der Waals surface area contributed by atoms with Crippen LogP contribution in [-0.2, 0) is 0 Å². The lowest BCUT2D eigenvalue weighted by Crippen LogP contribution is -2.66. The first-order valence-corrected chi connectivity index (χ1v) is 6.08. The summed E-state index contributed by atoms with van der Waals surface area (Å²) in [5.74, 6) is 0. The van der Waals surface area contributed by atoms with Crippen LogP contribution in [-0.4, -0.2) is 38.3 Å². The average molecular weight is 220 g/mol. The molecule has 2 heterocycles. The number of nitrogens with zero attached hydrogens (tertiary/aromatic N) is 4. The normalized spacial score (nSPS) is 25.4. The van der Waals surface area contributed by atoms with Gasteiger partial charge in [0, 0.05) is 24.7 Å². The largest absolute Gasteiger partial charge is 0.317 e. The second-order valence-electron chi connectivity index (χ2n) is 6.50. The van der Waals surface area contributed by atoms with E-state index >= 15 is 0 Å². The first-order valence-electron chi connectivity index (χ1n) is 6.08. The molecule has 0 radical (unpaired) electrons. The van der Waals surface area contributed by atoms with Crippen molar-refractivity contribution in [2.75, 3.05) is 13.1 Å². The van der Waals surface area contributed by atoms with E-state index in [1.165, 1.54) is 25.9 Å². The molecule has 0 aromatic carbocycles. The quantitative estimate of drug-likeness (QED) is 0.722. The van der Waals surface area contributed by atoms with Gasteiger partial charge in [-0.1, -0.05) is 0 Å². The number of hydrogen-bond donors (Lipinski definition) is 0. The molecule has 16 heavy (non-hydrogen) atoms. The maximum absolute atomic E-state index is 3.87. The SMILES string of the molecule is CC(C)(C)N1CC2(CC(n3cnnc3)C2)C1. The van der Waals surface area contributed by atoms with E-state index in [4.69, 9.17) is 0 Å². The Morgan fingerprint density at radius 2 is 1.69 bits per heavy atom. The fraction of sp³-hybridized carbons (Fsp3) is 0.833. The second kappa shape index (κ2) is 3.06.